The molecule has 0 saturated carbocycles. The molecule has 100 valence electrons. The monoisotopic (exact) mass is 258 g/mol. The first-order valence-electron chi connectivity index (χ1n) is 6.41. The van der Waals surface area contributed by atoms with Crippen LogP contribution in [0.15, 0.2) is 30.3 Å². The standard InChI is InChI=1S/C16H19FN2/c1-10-4-5-15(17)8-13(10)9-16(18)14-6-11(2)19-12(3)7-14/h4-8,16H,9,18H2,1-3H3. The first-order chi connectivity index (χ1) is 8.95. The van der Waals surface area contributed by atoms with Crippen molar-refractivity contribution in [3.63, 3.8) is 0 Å². The topological polar surface area (TPSA) is 38.9 Å². The lowest BCUT2D eigenvalue weighted by atomic mass is 9.96. The van der Waals surface area contributed by atoms with Crippen LogP contribution in [0.4, 0.5) is 4.39 Å². The van der Waals surface area contributed by atoms with Crippen molar-refractivity contribution in [1.29, 1.82) is 0 Å². The number of hydrogen-bond donors (Lipinski definition) is 1. The number of nitrogens with two attached hydrogens (primary N) is 1. The molecule has 0 aliphatic heterocycles. The van der Waals surface area contributed by atoms with Crippen molar-refractivity contribution < 1.29 is 4.39 Å². The maximum atomic E-state index is 13.3. The molecule has 0 amide bonds. The van der Waals surface area contributed by atoms with Gasteiger partial charge in [-0.1, -0.05) is 6.07 Å². The van der Waals surface area contributed by atoms with Gasteiger partial charge < -0.3 is 5.73 Å². The van der Waals surface area contributed by atoms with E-state index in [1.807, 2.05) is 32.9 Å². The van der Waals surface area contributed by atoms with Crippen molar-refractivity contribution in [3.8, 4) is 0 Å². The Labute approximate surface area is 113 Å². The molecule has 0 fully saturated rings. The molecule has 0 aliphatic carbocycles. The molecule has 0 aliphatic rings. The van der Waals surface area contributed by atoms with Gasteiger partial charge in [-0.25, -0.2) is 4.39 Å². The van der Waals surface area contributed by atoms with Crippen molar-refractivity contribution in [1.82, 2.24) is 4.98 Å². The summed E-state index contributed by atoms with van der Waals surface area (Å²) in [6.45, 7) is 5.89. The first kappa shape index (κ1) is 13.7. The van der Waals surface area contributed by atoms with Crippen LogP contribution in [0.5, 0.6) is 0 Å². The van der Waals surface area contributed by atoms with E-state index < -0.39 is 0 Å². The molecule has 3 heteroatoms. The number of rotatable bonds is 3. The lowest BCUT2D eigenvalue weighted by molar-refractivity contribution is 0.621. The van der Waals surface area contributed by atoms with Crippen LogP contribution >= 0.6 is 0 Å². The fourth-order valence-corrected chi connectivity index (χ4v) is 2.30. The van der Waals surface area contributed by atoms with Gasteiger partial charge in [0.05, 0.1) is 0 Å². The van der Waals surface area contributed by atoms with Crippen LogP contribution in [-0.4, -0.2) is 4.98 Å². The van der Waals surface area contributed by atoms with Crippen LogP contribution in [0.3, 0.4) is 0 Å². The quantitative estimate of drug-likeness (QED) is 0.916. The molecule has 1 aromatic carbocycles. The van der Waals surface area contributed by atoms with Crippen molar-refractivity contribution in [3.05, 3.63) is 64.2 Å². The average molecular weight is 258 g/mol. The average Bonchev–Trinajstić information content (AvgIpc) is 2.32. The summed E-state index contributed by atoms with van der Waals surface area (Å²) in [7, 11) is 0. The number of halogens is 1. The second-order valence-electron chi connectivity index (χ2n) is 5.06. The second-order valence-corrected chi connectivity index (χ2v) is 5.06. The highest BCUT2D eigenvalue weighted by Gasteiger charge is 2.11. The van der Waals surface area contributed by atoms with E-state index in [2.05, 4.69) is 4.98 Å². The zero-order valence-electron chi connectivity index (χ0n) is 11.6. The smallest absolute Gasteiger partial charge is 0.123 e. The molecule has 1 atom stereocenters. The summed E-state index contributed by atoms with van der Waals surface area (Å²) in [5.74, 6) is -0.213. The number of pyridine rings is 1. The fourth-order valence-electron chi connectivity index (χ4n) is 2.30. The Bertz CT molecular complexity index is 573. The van der Waals surface area contributed by atoms with E-state index in [4.69, 9.17) is 5.73 Å². The Balaban J connectivity index is 2.25. The maximum absolute atomic E-state index is 13.3. The van der Waals surface area contributed by atoms with Crippen LogP contribution in [0.2, 0.25) is 0 Å². The largest absolute Gasteiger partial charge is 0.324 e. The summed E-state index contributed by atoms with van der Waals surface area (Å²) in [5.41, 5.74) is 11.2. The van der Waals surface area contributed by atoms with Crippen LogP contribution in [-0.2, 0) is 6.42 Å². The molecule has 1 aromatic heterocycles. The molecule has 0 saturated heterocycles. The van der Waals surface area contributed by atoms with Gasteiger partial charge in [0.25, 0.3) is 0 Å². The molecule has 0 spiro atoms. The van der Waals surface area contributed by atoms with Crippen LogP contribution in [0.25, 0.3) is 0 Å². The Morgan fingerprint density at radius 2 is 1.74 bits per heavy atom. The third-order valence-electron chi connectivity index (χ3n) is 3.28. The Morgan fingerprint density at radius 3 is 2.37 bits per heavy atom. The SMILES string of the molecule is Cc1cc(C(N)Cc2cc(F)ccc2C)cc(C)n1. The number of aromatic nitrogens is 1. The minimum atomic E-state index is -0.213. The zero-order valence-corrected chi connectivity index (χ0v) is 11.6. The van der Waals surface area contributed by atoms with Gasteiger partial charge in [0.15, 0.2) is 0 Å². The molecule has 2 aromatic rings. The van der Waals surface area contributed by atoms with Crippen LogP contribution in [0.1, 0.15) is 34.1 Å². The van der Waals surface area contributed by atoms with Gasteiger partial charge in [-0.2, -0.15) is 0 Å². The van der Waals surface area contributed by atoms with E-state index in [-0.39, 0.29) is 11.9 Å². The van der Waals surface area contributed by atoms with E-state index in [0.29, 0.717) is 6.42 Å². The number of nitrogens with zero attached hydrogens (tertiary/aromatic N) is 1. The molecule has 2 N–H and O–H groups in total. The fraction of sp³-hybridized carbons (Fsp3) is 0.312. The second kappa shape index (κ2) is 5.49. The number of hydrogen-bond acceptors (Lipinski definition) is 2. The van der Waals surface area contributed by atoms with E-state index >= 15 is 0 Å². The molecule has 19 heavy (non-hydrogen) atoms. The van der Waals surface area contributed by atoms with Crippen molar-refractivity contribution in [2.75, 3.05) is 0 Å². The van der Waals surface area contributed by atoms with Crippen molar-refractivity contribution in [2.24, 2.45) is 5.73 Å². The van der Waals surface area contributed by atoms with E-state index in [9.17, 15) is 4.39 Å². The highest BCUT2D eigenvalue weighted by atomic mass is 19.1. The predicted octanol–water partition coefficient (Wildman–Crippen LogP) is 3.39. The van der Waals surface area contributed by atoms with E-state index in [1.165, 1.54) is 6.07 Å². The molecular formula is C16H19FN2. The molecule has 1 heterocycles. The molecule has 2 nitrogen and oxygen atoms in total. The van der Waals surface area contributed by atoms with Crippen molar-refractivity contribution >= 4 is 0 Å². The maximum Gasteiger partial charge on any atom is 0.123 e. The Hall–Kier alpha value is -1.74. The van der Waals surface area contributed by atoms with Gasteiger partial charge in [0.2, 0.25) is 0 Å². The lowest BCUT2D eigenvalue weighted by Crippen LogP contribution is -2.15. The summed E-state index contributed by atoms with van der Waals surface area (Å²) in [6.07, 6.45) is 0.631. The Morgan fingerprint density at radius 1 is 1.11 bits per heavy atom. The summed E-state index contributed by atoms with van der Waals surface area (Å²) in [6, 6.07) is 8.68. The predicted molar refractivity (Wildman–Crippen MR) is 75.5 cm³/mol. The van der Waals surface area contributed by atoms with Gasteiger partial charge in [-0.3, -0.25) is 4.98 Å². The summed E-state index contributed by atoms with van der Waals surface area (Å²) >= 11 is 0. The van der Waals surface area contributed by atoms with Gasteiger partial charge in [0.1, 0.15) is 5.82 Å². The molecule has 2 rings (SSSR count). The Kier molecular flexibility index (Phi) is 3.96. The highest BCUT2D eigenvalue weighted by molar-refractivity contribution is 5.30. The summed E-state index contributed by atoms with van der Waals surface area (Å²) in [4.78, 5) is 4.34. The highest BCUT2D eigenvalue weighted by Crippen LogP contribution is 2.20. The van der Waals surface area contributed by atoms with E-state index in [1.54, 1.807) is 12.1 Å². The lowest BCUT2D eigenvalue weighted by Gasteiger charge is -2.15. The molecule has 1 unspecified atom stereocenters. The molecular weight excluding hydrogens is 239 g/mol. The normalized spacial score (nSPS) is 12.5. The van der Waals surface area contributed by atoms with Gasteiger partial charge in [-0.15, -0.1) is 0 Å². The first-order valence-corrected chi connectivity index (χ1v) is 6.41. The van der Waals surface area contributed by atoms with E-state index in [0.717, 1.165) is 28.1 Å². The minimum absolute atomic E-state index is 0.138. The third-order valence-corrected chi connectivity index (χ3v) is 3.28. The number of benzene rings is 1. The summed E-state index contributed by atoms with van der Waals surface area (Å²) in [5, 5.41) is 0. The van der Waals surface area contributed by atoms with Crippen molar-refractivity contribution in [2.45, 2.75) is 33.2 Å². The van der Waals surface area contributed by atoms with Gasteiger partial charge in [-0.05, 0) is 68.1 Å². The summed E-state index contributed by atoms with van der Waals surface area (Å²) < 4.78 is 13.3. The third kappa shape index (κ3) is 3.38. The van der Waals surface area contributed by atoms with Crippen LogP contribution < -0.4 is 5.73 Å². The van der Waals surface area contributed by atoms with Gasteiger partial charge in [0, 0.05) is 17.4 Å². The minimum Gasteiger partial charge on any atom is -0.324 e. The molecule has 0 radical (unpaired) electrons. The number of aryl methyl sites for hydroxylation is 3. The van der Waals surface area contributed by atoms with Gasteiger partial charge >= 0.3 is 0 Å². The molecule has 0 bridgehead atoms. The van der Waals surface area contributed by atoms with Crippen LogP contribution in [0, 0.1) is 26.6 Å². The zero-order chi connectivity index (χ0) is 14.0.